The van der Waals surface area contributed by atoms with E-state index in [1.54, 1.807) is 5.57 Å². The minimum absolute atomic E-state index is 0.466. The van der Waals surface area contributed by atoms with Crippen molar-refractivity contribution >= 4 is 16.5 Å². The normalized spacial score (nSPS) is 15.5. The van der Waals surface area contributed by atoms with Gasteiger partial charge >= 0.3 is 0 Å². The molecule has 0 saturated carbocycles. The van der Waals surface area contributed by atoms with Gasteiger partial charge in [-0.3, -0.25) is 4.90 Å². The van der Waals surface area contributed by atoms with Crippen LogP contribution in [0, 0.1) is 13.8 Å². The van der Waals surface area contributed by atoms with Crippen LogP contribution in [0.1, 0.15) is 52.4 Å². The van der Waals surface area contributed by atoms with Gasteiger partial charge in [0.1, 0.15) is 18.2 Å². The van der Waals surface area contributed by atoms with E-state index in [9.17, 15) is 0 Å². The Kier molecular flexibility index (Phi) is 6.89. The molecule has 0 aliphatic carbocycles. The zero-order valence-electron chi connectivity index (χ0n) is 23.9. The quantitative estimate of drug-likeness (QED) is 0.235. The van der Waals surface area contributed by atoms with Gasteiger partial charge in [-0.2, -0.15) is 0 Å². The second-order valence-corrected chi connectivity index (χ2v) is 11.3. The SMILES string of the molecule is Cc1nc2n(c1C)CCc1ccccc1C2=C1CCN(Cc2ccc(OCc3ccc4ccccc4n3)cc2)CC1. The number of aromatic nitrogens is 3. The number of imidazole rings is 1. The van der Waals surface area contributed by atoms with Gasteiger partial charge in [0, 0.05) is 42.8 Å². The van der Waals surface area contributed by atoms with Gasteiger partial charge in [-0.15, -0.1) is 0 Å². The minimum Gasteiger partial charge on any atom is -0.487 e. The van der Waals surface area contributed by atoms with Gasteiger partial charge < -0.3 is 9.30 Å². The molecular weight excluding hydrogens is 504 g/mol. The summed E-state index contributed by atoms with van der Waals surface area (Å²) in [5, 5.41) is 1.15. The lowest BCUT2D eigenvalue weighted by atomic mass is 9.90. The second-order valence-electron chi connectivity index (χ2n) is 11.3. The number of pyridine rings is 1. The number of ether oxygens (including phenoxy) is 1. The summed E-state index contributed by atoms with van der Waals surface area (Å²) in [4.78, 5) is 12.4. The predicted molar refractivity (Wildman–Crippen MR) is 165 cm³/mol. The van der Waals surface area contributed by atoms with E-state index < -0.39 is 0 Å². The molecule has 0 spiro atoms. The van der Waals surface area contributed by atoms with Crippen LogP contribution in [0.4, 0.5) is 0 Å². The van der Waals surface area contributed by atoms with Gasteiger partial charge in [0.05, 0.1) is 16.9 Å². The van der Waals surface area contributed by atoms with E-state index in [1.807, 2.05) is 24.3 Å². The summed E-state index contributed by atoms with van der Waals surface area (Å²) in [5.41, 5.74) is 11.5. The fourth-order valence-electron chi connectivity index (χ4n) is 6.33. The van der Waals surface area contributed by atoms with E-state index >= 15 is 0 Å². The molecule has 5 aromatic rings. The Morgan fingerprint density at radius 1 is 0.756 bits per heavy atom. The standard InChI is InChI=1S/C36H36N4O/c1-25-26(2)40-22-19-28-7-3-5-9-33(28)35(36(40)37-25)30-17-20-39(21-18-30)23-27-11-15-32(16-12-27)41-24-31-14-13-29-8-4-6-10-34(29)38-31/h3-16H,17-24H2,1-2H3. The summed E-state index contributed by atoms with van der Waals surface area (Å²) < 4.78 is 8.50. The molecule has 2 aromatic heterocycles. The number of piperidine rings is 1. The molecule has 0 amide bonds. The van der Waals surface area contributed by atoms with Gasteiger partial charge in [0.15, 0.2) is 0 Å². The number of hydrogen-bond acceptors (Lipinski definition) is 4. The predicted octanol–water partition coefficient (Wildman–Crippen LogP) is 7.28. The first kappa shape index (κ1) is 25.7. The van der Waals surface area contributed by atoms with Gasteiger partial charge in [-0.1, -0.05) is 66.2 Å². The molecule has 1 fully saturated rings. The summed E-state index contributed by atoms with van der Waals surface area (Å²) in [6.07, 6.45) is 3.21. The fourth-order valence-corrected chi connectivity index (χ4v) is 6.33. The third kappa shape index (κ3) is 5.18. The zero-order chi connectivity index (χ0) is 27.8. The molecule has 0 bridgehead atoms. The zero-order valence-corrected chi connectivity index (χ0v) is 23.9. The molecular formula is C36H36N4O. The Bertz CT molecular complexity index is 1740. The fraction of sp³-hybridized carbons (Fsp3) is 0.278. The van der Waals surface area contributed by atoms with Crippen molar-refractivity contribution in [2.24, 2.45) is 0 Å². The van der Waals surface area contributed by atoms with Crippen molar-refractivity contribution in [1.82, 2.24) is 19.4 Å². The van der Waals surface area contributed by atoms with Gasteiger partial charge in [-0.25, -0.2) is 9.97 Å². The molecule has 4 heterocycles. The molecule has 41 heavy (non-hydrogen) atoms. The van der Waals surface area contributed by atoms with Crippen molar-refractivity contribution in [3.8, 4) is 5.75 Å². The van der Waals surface area contributed by atoms with E-state index in [2.05, 4.69) is 84.0 Å². The monoisotopic (exact) mass is 540 g/mol. The first-order valence-electron chi connectivity index (χ1n) is 14.8. The maximum atomic E-state index is 6.05. The summed E-state index contributed by atoms with van der Waals surface area (Å²) in [6, 6.07) is 29.8. The molecule has 3 aromatic carbocycles. The van der Waals surface area contributed by atoms with E-state index in [4.69, 9.17) is 14.7 Å². The lowest BCUT2D eigenvalue weighted by Gasteiger charge is -2.30. The van der Waals surface area contributed by atoms with Crippen molar-refractivity contribution in [3.05, 3.63) is 130 Å². The number of para-hydroxylation sites is 1. The van der Waals surface area contributed by atoms with E-state index in [1.165, 1.54) is 33.8 Å². The highest BCUT2D eigenvalue weighted by Crippen LogP contribution is 2.37. The smallest absolute Gasteiger partial charge is 0.141 e. The lowest BCUT2D eigenvalue weighted by Crippen LogP contribution is -2.30. The average molecular weight is 541 g/mol. The number of likely N-dealkylation sites (tertiary alicyclic amines) is 1. The Morgan fingerprint density at radius 2 is 1.54 bits per heavy atom. The van der Waals surface area contributed by atoms with Gasteiger partial charge in [-0.05, 0) is 74.1 Å². The highest BCUT2D eigenvalue weighted by molar-refractivity contribution is 5.82. The second kappa shape index (κ2) is 11.0. The van der Waals surface area contributed by atoms with Crippen LogP contribution in [0.2, 0.25) is 0 Å². The van der Waals surface area contributed by atoms with Crippen LogP contribution in [-0.4, -0.2) is 32.5 Å². The highest BCUT2D eigenvalue weighted by atomic mass is 16.5. The maximum absolute atomic E-state index is 6.05. The number of nitrogens with zero attached hydrogens (tertiary/aromatic N) is 4. The van der Waals surface area contributed by atoms with Crippen LogP contribution in [0.25, 0.3) is 16.5 Å². The van der Waals surface area contributed by atoms with Crippen LogP contribution >= 0.6 is 0 Å². The first-order valence-corrected chi connectivity index (χ1v) is 14.8. The van der Waals surface area contributed by atoms with E-state index in [0.29, 0.717) is 6.61 Å². The molecule has 206 valence electrons. The van der Waals surface area contributed by atoms with Crippen LogP contribution in [0.5, 0.6) is 5.75 Å². The lowest BCUT2D eigenvalue weighted by molar-refractivity contribution is 0.248. The summed E-state index contributed by atoms with van der Waals surface area (Å²) in [5.74, 6) is 2.05. The van der Waals surface area contributed by atoms with E-state index in [0.717, 1.165) is 73.5 Å². The van der Waals surface area contributed by atoms with Crippen LogP contribution < -0.4 is 4.74 Å². The Hall–Kier alpha value is -4.22. The molecule has 0 N–H and O–H groups in total. The number of fused-ring (bicyclic) bond motifs is 3. The molecule has 5 nitrogen and oxygen atoms in total. The Labute approximate surface area is 242 Å². The number of aryl methyl sites for hydroxylation is 2. The van der Waals surface area contributed by atoms with Crippen LogP contribution in [-0.2, 0) is 26.1 Å². The van der Waals surface area contributed by atoms with Crippen molar-refractivity contribution in [2.45, 2.75) is 52.8 Å². The first-order chi connectivity index (χ1) is 20.1. The summed E-state index contributed by atoms with van der Waals surface area (Å²) in [7, 11) is 0. The number of hydrogen-bond donors (Lipinski definition) is 0. The van der Waals surface area contributed by atoms with Crippen molar-refractivity contribution in [3.63, 3.8) is 0 Å². The molecule has 0 radical (unpaired) electrons. The van der Waals surface area contributed by atoms with Crippen molar-refractivity contribution < 1.29 is 4.74 Å². The molecule has 7 rings (SSSR count). The van der Waals surface area contributed by atoms with Crippen molar-refractivity contribution in [1.29, 1.82) is 0 Å². The number of benzene rings is 3. The minimum atomic E-state index is 0.466. The van der Waals surface area contributed by atoms with Gasteiger partial charge in [0.2, 0.25) is 0 Å². The van der Waals surface area contributed by atoms with Crippen molar-refractivity contribution in [2.75, 3.05) is 13.1 Å². The summed E-state index contributed by atoms with van der Waals surface area (Å²) in [6.45, 7) is 8.90. The number of rotatable bonds is 5. The summed E-state index contributed by atoms with van der Waals surface area (Å²) >= 11 is 0. The van der Waals surface area contributed by atoms with Gasteiger partial charge in [0.25, 0.3) is 0 Å². The van der Waals surface area contributed by atoms with Crippen LogP contribution in [0.15, 0.2) is 90.5 Å². The maximum Gasteiger partial charge on any atom is 0.141 e. The third-order valence-electron chi connectivity index (χ3n) is 8.76. The molecule has 2 aliphatic heterocycles. The Balaban J connectivity index is 1.02. The molecule has 0 atom stereocenters. The van der Waals surface area contributed by atoms with Crippen LogP contribution in [0.3, 0.4) is 0 Å². The third-order valence-corrected chi connectivity index (χ3v) is 8.76. The Morgan fingerprint density at radius 3 is 2.39 bits per heavy atom. The molecule has 1 saturated heterocycles. The average Bonchev–Trinajstić information content (AvgIpc) is 3.18. The molecule has 0 unspecified atom stereocenters. The highest BCUT2D eigenvalue weighted by Gasteiger charge is 2.26. The molecule has 5 heteroatoms. The van der Waals surface area contributed by atoms with E-state index in [-0.39, 0.29) is 0 Å². The topological polar surface area (TPSA) is 43.2 Å². The largest absolute Gasteiger partial charge is 0.487 e. The molecule has 2 aliphatic rings.